The van der Waals surface area contributed by atoms with Crippen molar-refractivity contribution in [3.8, 4) is 0 Å². The third-order valence-electron chi connectivity index (χ3n) is 5.48. The van der Waals surface area contributed by atoms with Gasteiger partial charge in [-0.3, -0.25) is 14.5 Å². The van der Waals surface area contributed by atoms with Gasteiger partial charge in [0.15, 0.2) is 0 Å². The summed E-state index contributed by atoms with van der Waals surface area (Å²) in [5, 5.41) is 10.6. The number of carboxylic acids is 1. The molecule has 1 aromatic rings. The van der Waals surface area contributed by atoms with Crippen molar-refractivity contribution in [2.45, 2.75) is 31.3 Å². The van der Waals surface area contributed by atoms with E-state index in [4.69, 9.17) is 23.2 Å². The molecule has 2 heterocycles. The van der Waals surface area contributed by atoms with Gasteiger partial charge in [0.1, 0.15) is 0 Å². The molecule has 3 rings (SSSR count). The van der Waals surface area contributed by atoms with Crippen molar-refractivity contribution in [2.75, 3.05) is 20.1 Å². The molecule has 24 heavy (non-hydrogen) atoms. The largest absolute Gasteiger partial charge is 0.481 e. The van der Waals surface area contributed by atoms with E-state index in [1.54, 1.807) is 18.0 Å². The number of piperidine rings is 1. The summed E-state index contributed by atoms with van der Waals surface area (Å²) in [4.78, 5) is 27.5. The van der Waals surface area contributed by atoms with Crippen molar-refractivity contribution in [2.24, 2.45) is 5.92 Å². The van der Waals surface area contributed by atoms with E-state index >= 15 is 0 Å². The number of aliphatic carboxylic acids is 1. The average Bonchev–Trinajstić information content (AvgIpc) is 2.79. The van der Waals surface area contributed by atoms with E-state index in [0.717, 1.165) is 25.2 Å². The lowest BCUT2D eigenvalue weighted by Crippen LogP contribution is -2.55. The van der Waals surface area contributed by atoms with Gasteiger partial charge in [0.2, 0.25) is 5.91 Å². The minimum Gasteiger partial charge on any atom is -0.481 e. The second-order valence-electron chi connectivity index (χ2n) is 6.68. The van der Waals surface area contributed by atoms with E-state index in [0.29, 0.717) is 22.9 Å². The van der Waals surface area contributed by atoms with Crippen LogP contribution in [0.4, 0.5) is 0 Å². The summed E-state index contributed by atoms with van der Waals surface area (Å²) in [6, 6.07) is 5.60. The molecule has 0 bridgehead atoms. The Morgan fingerprint density at radius 3 is 2.54 bits per heavy atom. The SMILES string of the molecule is CN1C(=O)C[C@H](C(=O)O)C12CCN(Cc1ccc(Cl)c(Cl)c1)CC2. The maximum Gasteiger partial charge on any atom is 0.309 e. The lowest BCUT2D eigenvalue weighted by Gasteiger charge is -2.45. The first kappa shape index (κ1) is 17.5. The van der Waals surface area contributed by atoms with Crippen molar-refractivity contribution in [1.82, 2.24) is 9.80 Å². The Labute approximate surface area is 151 Å². The first-order valence-corrected chi connectivity index (χ1v) is 8.75. The Morgan fingerprint density at radius 2 is 1.96 bits per heavy atom. The van der Waals surface area contributed by atoms with E-state index in [1.807, 2.05) is 12.1 Å². The van der Waals surface area contributed by atoms with Crippen molar-refractivity contribution in [1.29, 1.82) is 0 Å². The number of hydrogen-bond acceptors (Lipinski definition) is 3. The zero-order chi connectivity index (χ0) is 17.5. The second kappa shape index (κ2) is 6.54. The zero-order valence-corrected chi connectivity index (χ0v) is 15.0. The number of carbonyl (C=O) groups is 2. The molecule has 2 saturated heterocycles. The molecule has 0 aliphatic carbocycles. The number of halogens is 2. The van der Waals surface area contributed by atoms with Crippen LogP contribution in [0.1, 0.15) is 24.8 Å². The van der Waals surface area contributed by atoms with E-state index in [1.165, 1.54) is 0 Å². The maximum atomic E-state index is 12.0. The number of hydrogen-bond donors (Lipinski definition) is 1. The van der Waals surface area contributed by atoms with Gasteiger partial charge in [-0.05, 0) is 30.5 Å². The highest BCUT2D eigenvalue weighted by molar-refractivity contribution is 6.42. The van der Waals surface area contributed by atoms with E-state index in [-0.39, 0.29) is 12.3 Å². The van der Waals surface area contributed by atoms with Crippen LogP contribution >= 0.6 is 23.2 Å². The van der Waals surface area contributed by atoms with Gasteiger partial charge in [-0.2, -0.15) is 0 Å². The van der Waals surface area contributed by atoms with Crippen LogP contribution in [0.3, 0.4) is 0 Å². The predicted molar refractivity (Wildman–Crippen MR) is 92.2 cm³/mol. The average molecular weight is 371 g/mol. The standard InChI is InChI=1S/C17H20Cl2N2O3/c1-20-15(22)9-12(16(23)24)17(20)4-6-21(7-5-17)10-11-2-3-13(18)14(19)8-11/h2-3,8,12H,4-7,9-10H2,1H3,(H,23,24)/t12-/m1/s1. The lowest BCUT2D eigenvalue weighted by molar-refractivity contribution is -0.146. The number of amides is 1. The maximum absolute atomic E-state index is 12.0. The van der Waals surface area contributed by atoms with Gasteiger partial charge in [0.25, 0.3) is 0 Å². The Kier molecular flexibility index (Phi) is 4.78. The van der Waals surface area contributed by atoms with Crippen LogP contribution in [0.5, 0.6) is 0 Å². The molecule has 130 valence electrons. The Balaban J connectivity index is 1.69. The first-order valence-electron chi connectivity index (χ1n) is 7.99. The highest BCUT2D eigenvalue weighted by atomic mass is 35.5. The van der Waals surface area contributed by atoms with Crippen LogP contribution in [0, 0.1) is 5.92 Å². The van der Waals surface area contributed by atoms with Gasteiger partial charge in [-0.1, -0.05) is 29.3 Å². The molecular weight excluding hydrogens is 351 g/mol. The van der Waals surface area contributed by atoms with Crippen molar-refractivity contribution >= 4 is 35.1 Å². The molecule has 2 aliphatic heterocycles. The number of benzene rings is 1. The number of carbonyl (C=O) groups excluding carboxylic acids is 1. The summed E-state index contributed by atoms with van der Waals surface area (Å²) in [6.07, 6.45) is 1.46. The molecule has 0 unspecified atom stereocenters. The summed E-state index contributed by atoms with van der Waals surface area (Å²) >= 11 is 12.0. The second-order valence-corrected chi connectivity index (χ2v) is 7.49. The van der Waals surface area contributed by atoms with E-state index in [2.05, 4.69) is 4.90 Å². The summed E-state index contributed by atoms with van der Waals surface area (Å²) in [5.41, 5.74) is 0.530. The minimum absolute atomic E-state index is 0.0691. The fraction of sp³-hybridized carbons (Fsp3) is 0.529. The molecular formula is C17H20Cl2N2O3. The number of rotatable bonds is 3. The van der Waals surface area contributed by atoms with Crippen molar-refractivity contribution < 1.29 is 14.7 Å². The lowest BCUT2D eigenvalue weighted by atomic mass is 9.77. The fourth-order valence-corrected chi connectivity index (χ4v) is 4.30. The molecule has 1 amide bonds. The van der Waals surface area contributed by atoms with Crippen LogP contribution < -0.4 is 0 Å². The van der Waals surface area contributed by atoms with Crippen molar-refractivity contribution in [3.63, 3.8) is 0 Å². The van der Waals surface area contributed by atoms with Gasteiger partial charge >= 0.3 is 5.97 Å². The molecule has 2 fully saturated rings. The van der Waals surface area contributed by atoms with Gasteiger partial charge < -0.3 is 10.0 Å². The number of nitrogens with zero attached hydrogens (tertiary/aromatic N) is 2. The Hall–Kier alpha value is -1.30. The summed E-state index contributed by atoms with van der Waals surface area (Å²) in [5.74, 6) is -1.55. The molecule has 7 heteroatoms. The summed E-state index contributed by atoms with van der Waals surface area (Å²) < 4.78 is 0. The topological polar surface area (TPSA) is 60.9 Å². The smallest absolute Gasteiger partial charge is 0.309 e. The van der Waals surface area contributed by atoms with Gasteiger partial charge in [0, 0.05) is 33.1 Å². The van der Waals surface area contributed by atoms with Crippen LogP contribution in [0.25, 0.3) is 0 Å². The van der Waals surface area contributed by atoms with Crippen molar-refractivity contribution in [3.05, 3.63) is 33.8 Å². The number of likely N-dealkylation sites (tertiary alicyclic amines) is 2. The third kappa shape index (κ3) is 3.01. The van der Waals surface area contributed by atoms with Gasteiger partial charge in [0.05, 0.1) is 21.5 Å². The first-order chi connectivity index (χ1) is 11.3. The van der Waals surface area contributed by atoms with Crippen LogP contribution in [-0.2, 0) is 16.1 Å². The van der Waals surface area contributed by atoms with E-state index < -0.39 is 17.4 Å². The summed E-state index contributed by atoms with van der Waals surface area (Å²) in [6.45, 7) is 2.24. The van der Waals surface area contributed by atoms with Gasteiger partial charge in [-0.15, -0.1) is 0 Å². The Bertz CT molecular complexity index is 672. The molecule has 0 radical (unpaired) electrons. The number of carboxylic acid groups (broad SMARTS) is 1. The Morgan fingerprint density at radius 1 is 1.29 bits per heavy atom. The third-order valence-corrected chi connectivity index (χ3v) is 6.22. The van der Waals surface area contributed by atoms with Crippen LogP contribution in [0.2, 0.25) is 10.0 Å². The molecule has 1 atom stereocenters. The molecule has 0 aromatic heterocycles. The highest BCUT2D eigenvalue weighted by Gasteiger charge is 2.55. The normalized spacial score (nSPS) is 23.9. The van der Waals surface area contributed by atoms with E-state index in [9.17, 15) is 14.7 Å². The van der Waals surface area contributed by atoms with Crippen LogP contribution in [0.15, 0.2) is 18.2 Å². The molecule has 2 aliphatic rings. The predicted octanol–water partition coefficient (Wildman–Crippen LogP) is 2.89. The monoisotopic (exact) mass is 370 g/mol. The zero-order valence-electron chi connectivity index (χ0n) is 13.5. The highest BCUT2D eigenvalue weighted by Crippen LogP contribution is 2.43. The quantitative estimate of drug-likeness (QED) is 0.888. The van der Waals surface area contributed by atoms with Gasteiger partial charge in [-0.25, -0.2) is 0 Å². The molecule has 5 nitrogen and oxygen atoms in total. The molecule has 1 spiro atoms. The fourth-order valence-electron chi connectivity index (χ4n) is 3.98. The molecule has 1 N–H and O–H groups in total. The molecule has 0 saturated carbocycles. The minimum atomic E-state index is -0.870. The van der Waals surface area contributed by atoms with Crippen LogP contribution in [-0.4, -0.2) is 52.5 Å². The molecule has 1 aromatic carbocycles. The summed E-state index contributed by atoms with van der Waals surface area (Å²) in [7, 11) is 1.74.